The van der Waals surface area contributed by atoms with Gasteiger partial charge < -0.3 is 15.2 Å². The second-order valence-electron chi connectivity index (χ2n) is 8.32. The van der Waals surface area contributed by atoms with E-state index in [4.69, 9.17) is 14.7 Å². The number of likely N-dealkylation sites (N-methyl/N-ethyl adjacent to an activating group) is 1. The maximum absolute atomic E-state index is 13.0. The predicted octanol–water partition coefficient (Wildman–Crippen LogP) is 4.05. The molecular weight excluding hydrogens is 448 g/mol. The molecule has 3 aromatic carbocycles. The van der Waals surface area contributed by atoms with Crippen LogP contribution in [0.4, 0.5) is 4.79 Å². The molecule has 2 amide bonds. The Morgan fingerprint density at radius 1 is 0.943 bits per heavy atom. The number of fused-ring (bicyclic) bond motifs is 3. The number of carboxylic acid groups (broad SMARTS) is 1. The van der Waals surface area contributed by atoms with E-state index in [0.717, 1.165) is 32.9 Å². The summed E-state index contributed by atoms with van der Waals surface area (Å²) in [6.07, 6.45) is -0.766. The summed E-state index contributed by atoms with van der Waals surface area (Å²) in [5.41, 5.74) is 5.88. The first-order valence-corrected chi connectivity index (χ1v) is 11.2. The molecule has 0 heterocycles. The van der Waals surface area contributed by atoms with Gasteiger partial charge in [-0.2, -0.15) is 0 Å². The lowest BCUT2D eigenvalue weighted by Gasteiger charge is -2.24. The number of amides is 2. The molecule has 0 saturated carbocycles. The third-order valence-corrected chi connectivity index (χ3v) is 5.96. The highest BCUT2D eigenvalue weighted by Gasteiger charge is 2.31. The van der Waals surface area contributed by atoms with Crippen molar-refractivity contribution in [3.8, 4) is 11.1 Å². The highest BCUT2D eigenvalue weighted by atomic mass is 16.7. The minimum atomic E-state index is -1.22. The average Bonchev–Trinajstić information content (AvgIpc) is 3.18. The SMILES string of the molecule is Cc1ccc(C(NC(=O)OCC2c3ccccc3-c3ccccc32)C(=O)N(C)OCC(=O)O)cc1. The fraction of sp³-hybridized carbons (Fsp3) is 0.222. The minimum Gasteiger partial charge on any atom is -0.479 e. The van der Waals surface area contributed by atoms with Gasteiger partial charge in [0.2, 0.25) is 0 Å². The summed E-state index contributed by atoms with van der Waals surface area (Å²) in [5, 5.41) is 12.3. The Morgan fingerprint density at radius 3 is 2.09 bits per heavy atom. The van der Waals surface area contributed by atoms with E-state index < -0.39 is 30.6 Å². The third kappa shape index (κ3) is 5.33. The second kappa shape index (κ2) is 10.4. The summed E-state index contributed by atoms with van der Waals surface area (Å²) in [6, 6.07) is 21.9. The number of hydrogen-bond acceptors (Lipinski definition) is 5. The van der Waals surface area contributed by atoms with Crippen molar-refractivity contribution in [2.75, 3.05) is 20.3 Å². The van der Waals surface area contributed by atoms with Gasteiger partial charge in [-0.1, -0.05) is 78.4 Å². The fourth-order valence-corrected chi connectivity index (χ4v) is 4.20. The summed E-state index contributed by atoms with van der Waals surface area (Å²) >= 11 is 0. The molecule has 0 bridgehead atoms. The normalized spacial score (nSPS) is 12.9. The van der Waals surface area contributed by atoms with Crippen molar-refractivity contribution in [3.05, 3.63) is 95.1 Å². The topological polar surface area (TPSA) is 105 Å². The molecule has 0 aromatic heterocycles. The van der Waals surface area contributed by atoms with Crippen molar-refractivity contribution < 1.29 is 29.1 Å². The molecule has 1 aliphatic rings. The van der Waals surface area contributed by atoms with Crippen LogP contribution in [-0.2, 0) is 19.2 Å². The monoisotopic (exact) mass is 474 g/mol. The van der Waals surface area contributed by atoms with E-state index in [2.05, 4.69) is 5.32 Å². The zero-order chi connectivity index (χ0) is 24.9. The first kappa shape index (κ1) is 24.0. The van der Waals surface area contributed by atoms with E-state index in [-0.39, 0.29) is 12.5 Å². The molecule has 0 saturated heterocycles. The van der Waals surface area contributed by atoms with Gasteiger partial charge in [0.05, 0.1) is 0 Å². The summed E-state index contributed by atoms with van der Waals surface area (Å²) in [6.45, 7) is 1.31. The number of nitrogens with zero attached hydrogens (tertiary/aromatic N) is 1. The highest BCUT2D eigenvalue weighted by molar-refractivity contribution is 5.86. The van der Waals surface area contributed by atoms with Crippen molar-refractivity contribution in [1.29, 1.82) is 0 Å². The van der Waals surface area contributed by atoms with E-state index in [1.54, 1.807) is 12.1 Å². The Morgan fingerprint density at radius 2 is 1.51 bits per heavy atom. The molecule has 1 unspecified atom stereocenters. The molecule has 2 N–H and O–H groups in total. The van der Waals surface area contributed by atoms with Gasteiger partial charge in [0.15, 0.2) is 6.61 Å². The van der Waals surface area contributed by atoms with E-state index in [0.29, 0.717) is 5.56 Å². The van der Waals surface area contributed by atoms with E-state index in [9.17, 15) is 14.4 Å². The van der Waals surface area contributed by atoms with Crippen LogP contribution in [-0.4, -0.2) is 48.4 Å². The van der Waals surface area contributed by atoms with Gasteiger partial charge in [0.25, 0.3) is 5.91 Å². The highest BCUT2D eigenvalue weighted by Crippen LogP contribution is 2.44. The van der Waals surface area contributed by atoms with E-state index >= 15 is 0 Å². The van der Waals surface area contributed by atoms with Crippen LogP contribution < -0.4 is 5.32 Å². The molecule has 1 atom stereocenters. The van der Waals surface area contributed by atoms with Crippen molar-refractivity contribution in [3.63, 3.8) is 0 Å². The number of benzene rings is 3. The Hall–Kier alpha value is -4.17. The van der Waals surface area contributed by atoms with Gasteiger partial charge in [0, 0.05) is 13.0 Å². The molecule has 8 heteroatoms. The number of ether oxygens (including phenoxy) is 1. The summed E-state index contributed by atoms with van der Waals surface area (Å²) in [7, 11) is 1.30. The fourth-order valence-electron chi connectivity index (χ4n) is 4.20. The number of carbonyl (C=O) groups is 3. The second-order valence-corrected chi connectivity index (χ2v) is 8.32. The molecular formula is C27H26N2O6. The Balaban J connectivity index is 1.49. The number of carboxylic acids is 1. The molecule has 0 fully saturated rings. The summed E-state index contributed by atoms with van der Waals surface area (Å²) in [4.78, 5) is 41.6. The maximum Gasteiger partial charge on any atom is 0.408 e. The van der Waals surface area contributed by atoms with Gasteiger partial charge in [-0.15, -0.1) is 0 Å². The largest absolute Gasteiger partial charge is 0.479 e. The van der Waals surface area contributed by atoms with Crippen molar-refractivity contribution >= 4 is 18.0 Å². The Labute approximate surface area is 203 Å². The minimum absolute atomic E-state index is 0.0972. The lowest BCUT2D eigenvalue weighted by molar-refractivity contribution is -0.187. The van der Waals surface area contributed by atoms with Gasteiger partial charge in [-0.25, -0.2) is 14.7 Å². The smallest absolute Gasteiger partial charge is 0.408 e. The van der Waals surface area contributed by atoms with Crippen LogP contribution >= 0.6 is 0 Å². The van der Waals surface area contributed by atoms with Gasteiger partial charge in [-0.3, -0.25) is 9.63 Å². The molecule has 0 spiro atoms. The first-order chi connectivity index (χ1) is 16.8. The number of aryl methyl sites for hydroxylation is 1. The van der Waals surface area contributed by atoms with Crippen LogP contribution in [0.25, 0.3) is 11.1 Å². The van der Waals surface area contributed by atoms with Crippen LogP contribution in [0.5, 0.6) is 0 Å². The van der Waals surface area contributed by atoms with Gasteiger partial charge in [0.1, 0.15) is 12.6 Å². The number of carbonyl (C=O) groups excluding carboxylic acids is 2. The predicted molar refractivity (Wildman–Crippen MR) is 128 cm³/mol. The van der Waals surface area contributed by atoms with Gasteiger partial charge in [-0.05, 0) is 34.7 Å². The average molecular weight is 475 g/mol. The van der Waals surface area contributed by atoms with Crippen molar-refractivity contribution in [2.45, 2.75) is 18.9 Å². The summed E-state index contributed by atoms with van der Waals surface area (Å²) < 4.78 is 5.59. The first-order valence-electron chi connectivity index (χ1n) is 11.2. The lowest BCUT2D eigenvalue weighted by Crippen LogP contribution is -2.42. The zero-order valence-electron chi connectivity index (χ0n) is 19.4. The Bertz CT molecular complexity index is 1190. The van der Waals surface area contributed by atoms with E-state index in [1.807, 2.05) is 67.6 Å². The quantitative estimate of drug-likeness (QED) is 0.477. The molecule has 3 aromatic rings. The van der Waals surface area contributed by atoms with Crippen LogP contribution in [0.1, 0.15) is 34.2 Å². The van der Waals surface area contributed by atoms with Crippen molar-refractivity contribution in [2.24, 2.45) is 0 Å². The number of aliphatic carboxylic acids is 1. The molecule has 1 aliphatic carbocycles. The molecule has 0 radical (unpaired) electrons. The molecule has 35 heavy (non-hydrogen) atoms. The molecule has 0 aliphatic heterocycles. The van der Waals surface area contributed by atoms with Crippen LogP contribution in [0.15, 0.2) is 72.8 Å². The number of rotatable bonds is 8. The third-order valence-electron chi connectivity index (χ3n) is 5.96. The Kier molecular flexibility index (Phi) is 7.12. The molecule has 4 rings (SSSR count). The number of hydrogen-bond donors (Lipinski definition) is 2. The number of alkyl carbamates (subject to hydrolysis) is 1. The summed E-state index contributed by atoms with van der Waals surface area (Å²) in [5.74, 6) is -1.98. The van der Waals surface area contributed by atoms with Crippen LogP contribution in [0.3, 0.4) is 0 Å². The van der Waals surface area contributed by atoms with E-state index in [1.165, 1.54) is 7.05 Å². The molecule has 180 valence electrons. The standard InChI is InChI=1S/C27H26N2O6/c1-17-11-13-18(14-12-17)25(26(32)29(2)35-16-24(30)31)28-27(33)34-15-23-21-9-5-3-7-19(21)20-8-4-6-10-22(20)23/h3-14,23,25H,15-16H2,1-2H3,(H,28,33)(H,30,31). The van der Waals surface area contributed by atoms with Crippen LogP contribution in [0.2, 0.25) is 0 Å². The number of nitrogens with one attached hydrogen (secondary N) is 1. The van der Waals surface area contributed by atoms with Gasteiger partial charge >= 0.3 is 12.1 Å². The molecule has 8 nitrogen and oxygen atoms in total. The van der Waals surface area contributed by atoms with Crippen LogP contribution in [0, 0.1) is 6.92 Å². The maximum atomic E-state index is 13.0. The number of hydroxylamine groups is 2. The lowest BCUT2D eigenvalue weighted by atomic mass is 9.98. The van der Waals surface area contributed by atoms with Crippen molar-refractivity contribution in [1.82, 2.24) is 10.4 Å². The zero-order valence-corrected chi connectivity index (χ0v) is 19.4.